The molecule has 0 saturated carbocycles. The molecule has 5 heteroatoms. The van der Waals surface area contributed by atoms with Gasteiger partial charge >= 0.3 is 6.09 Å². The van der Waals surface area contributed by atoms with E-state index in [9.17, 15) is 4.79 Å². The number of nitrogens with zero attached hydrogens (tertiary/aromatic N) is 1. The Balaban J connectivity index is 2.57. The lowest BCUT2D eigenvalue weighted by atomic mass is 10.2. The number of para-hydroxylation sites is 1. The van der Waals surface area contributed by atoms with Crippen LogP contribution in [0.5, 0.6) is 5.75 Å². The molecule has 0 saturated heterocycles. The summed E-state index contributed by atoms with van der Waals surface area (Å²) in [5.74, 6) is 0.687. The molecule has 1 amide bonds. The molecule has 0 atom stereocenters. The molecule has 0 radical (unpaired) electrons. The summed E-state index contributed by atoms with van der Waals surface area (Å²) in [5, 5.41) is 3.80. The largest absolute Gasteiger partial charge is 0.496 e. The number of hydrogen-bond donors (Lipinski definition) is 1. The molecule has 0 aliphatic carbocycles. The van der Waals surface area contributed by atoms with Crippen LogP contribution < -0.4 is 10.2 Å². The number of rotatable bonds is 3. The standard InChI is InChI=1S/C13H18N2O3/c1-13(2,3)18-12(16)15-14-9-10-7-5-6-8-11(10)17-4/h5-9H,1-4H3,(H,15,16). The third-order valence-corrected chi connectivity index (χ3v) is 1.90. The predicted molar refractivity (Wildman–Crippen MR) is 70.0 cm³/mol. The van der Waals surface area contributed by atoms with E-state index in [2.05, 4.69) is 10.5 Å². The third-order valence-electron chi connectivity index (χ3n) is 1.90. The minimum atomic E-state index is -0.589. The van der Waals surface area contributed by atoms with Gasteiger partial charge in [0.05, 0.1) is 13.3 Å². The van der Waals surface area contributed by atoms with Crippen molar-refractivity contribution in [3.8, 4) is 5.75 Å². The number of nitrogens with one attached hydrogen (secondary N) is 1. The minimum absolute atomic E-state index is 0.538. The molecule has 5 nitrogen and oxygen atoms in total. The van der Waals surface area contributed by atoms with Crippen LogP contribution in [0.25, 0.3) is 0 Å². The summed E-state index contributed by atoms with van der Waals surface area (Å²) in [4.78, 5) is 11.3. The zero-order valence-electron chi connectivity index (χ0n) is 11.1. The number of benzene rings is 1. The third kappa shape index (κ3) is 4.86. The Morgan fingerprint density at radius 1 is 1.33 bits per heavy atom. The number of carbonyl (C=O) groups is 1. The maximum atomic E-state index is 11.3. The molecule has 1 rings (SSSR count). The highest BCUT2D eigenvalue weighted by atomic mass is 16.6. The molecule has 98 valence electrons. The molecule has 1 N–H and O–H groups in total. The van der Waals surface area contributed by atoms with Gasteiger partial charge in [-0.2, -0.15) is 5.10 Å². The van der Waals surface area contributed by atoms with Gasteiger partial charge in [0.2, 0.25) is 0 Å². The molecule has 0 spiro atoms. The van der Waals surface area contributed by atoms with Crippen molar-refractivity contribution in [3.05, 3.63) is 29.8 Å². The fourth-order valence-corrected chi connectivity index (χ4v) is 1.23. The van der Waals surface area contributed by atoms with Crippen molar-refractivity contribution in [2.75, 3.05) is 7.11 Å². The maximum Gasteiger partial charge on any atom is 0.428 e. The van der Waals surface area contributed by atoms with Gasteiger partial charge in [0.25, 0.3) is 0 Å². The summed E-state index contributed by atoms with van der Waals surface area (Å²) in [5.41, 5.74) is 2.53. The van der Waals surface area contributed by atoms with Gasteiger partial charge in [-0.25, -0.2) is 10.2 Å². The maximum absolute atomic E-state index is 11.3. The SMILES string of the molecule is COc1ccccc1C=NNC(=O)OC(C)(C)C. The molecule has 0 bridgehead atoms. The topological polar surface area (TPSA) is 59.9 Å². The van der Waals surface area contributed by atoms with E-state index in [0.29, 0.717) is 5.75 Å². The van der Waals surface area contributed by atoms with Gasteiger partial charge in [0.15, 0.2) is 0 Å². The van der Waals surface area contributed by atoms with Crippen LogP contribution in [0.1, 0.15) is 26.3 Å². The first-order valence-corrected chi connectivity index (χ1v) is 5.57. The van der Waals surface area contributed by atoms with Gasteiger partial charge in [-0.3, -0.25) is 0 Å². The van der Waals surface area contributed by atoms with E-state index in [1.807, 2.05) is 24.3 Å². The highest BCUT2D eigenvalue weighted by Gasteiger charge is 2.15. The van der Waals surface area contributed by atoms with E-state index in [0.717, 1.165) is 5.56 Å². The van der Waals surface area contributed by atoms with Crippen LogP contribution in [0.15, 0.2) is 29.4 Å². The summed E-state index contributed by atoms with van der Waals surface area (Å²) in [6.45, 7) is 5.36. The average Bonchev–Trinajstić information content (AvgIpc) is 2.27. The van der Waals surface area contributed by atoms with Crippen LogP contribution in [0.4, 0.5) is 4.79 Å². The zero-order valence-corrected chi connectivity index (χ0v) is 11.1. The molecule has 0 fully saturated rings. The highest BCUT2D eigenvalue weighted by molar-refractivity contribution is 5.84. The molecule has 0 heterocycles. The van der Waals surface area contributed by atoms with Gasteiger partial charge in [-0.1, -0.05) is 12.1 Å². The van der Waals surface area contributed by atoms with Gasteiger partial charge in [-0.15, -0.1) is 0 Å². The van der Waals surface area contributed by atoms with Gasteiger partial charge in [0.1, 0.15) is 11.4 Å². The number of methoxy groups -OCH3 is 1. The summed E-state index contributed by atoms with van der Waals surface area (Å²) < 4.78 is 10.2. The van der Waals surface area contributed by atoms with Gasteiger partial charge < -0.3 is 9.47 Å². The number of carbonyl (C=O) groups excluding carboxylic acids is 1. The molecule has 1 aromatic rings. The zero-order chi connectivity index (χ0) is 13.6. The van der Waals surface area contributed by atoms with Crippen LogP contribution >= 0.6 is 0 Å². The first-order valence-electron chi connectivity index (χ1n) is 5.57. The Bertz CT molecular complexity index is 436. The fraction of sp³-hybridized carbons (Fsp3) is 0.385. The lowest BCUT2D eigenvalue weighted by molar-refractivity contribution is 0.0529. The number of hydrogen-bond acceptors (Lipinski definition) is 4. The molecule has 1 aromatic carbocycles. The monoisotopic (exact) mass is 250 g/mol. The molecule has 0 aromatic heterocycles. The summed E-state index contributed by atoms with van der Waals surface area (Å²) in [7, 11) is 1.58. The lowest BCUT2D eigenvalue weighted by Crippen LogP contribution is -2.29. The number of hydrazone groups is 1. The van der Waals surface area contributed by atoms with Gasteiger partial charge in [-0.05, 0) is 32.9 Å². The molecular weight excluding hydrogens is 232 g/mol. The van der Waals surface area contributed by atoms with Gasteiger partial charge in [0, 0.05) is 5.56 Å². The Hall–Kier alpha value is -2.04. The van der Waals surface area contributed by atoms with Crippen molar-refractivity contribution < 1.29 is 14.3 Å². The second kappa shape index (κ2) is 6.05. The van der Waals surface area contributed by atoms with Crippen molar-refractivity contribution in [2.45, 2.75) is 26.4 Å². The highest BCUT2D eigenvalue weighted by Crippen LogP contribution is 2.14. The first kappa shape index (κ1) is 14.0. The second-order valence-corrected chi connectivity index (χ2v) is 4.61. The fourth-order valence-electron chi connectivity index (χ4n) is 1.23. The summed E-state index contributed by atoms with van der Waals surface area (Å²) in [6.07, 6.45) is 0.914. The predicted octanol–water partition coefficient (Wildman–Crippen LogP) is 2.55. The smallest absolute Gasteiger partial charge is 0.428 e. The summed E-state index contributed by atoms with van der Waals surface area (Å²) in [6, 6.07) is 7.36. The second-order valence-electron chi connectivity index (χ2n) is 4.61. The first-order chi connectivity index (χ1) is 8.42. The van der Waals surface area contributed by atoms with Crippen molar-refractivity contribution in [1.82, 2.24) is 5.43 Å². The lowest BCUT2D eigenvalue weighted by Gasteiger charge is -2.18. The van der Waals surface area contributed by atoms with E-state index in [1.54, 1.807) is 27.9 Å². The molecule has 0 aliphatic heterocycles. The van der Waals surface area contributed by atoms with E-state index in [4.69, 9.17) is 9.47 Å². The van der Waals surface area contributed by atoms with Crippen molar-refractivity contribution in [2.24, 2.45) is 5.10 Å². The van der Waals surface area contributed by atoms with E-state index in [1.165, 1.54) is 6.21 Å². The summed E-state index contributed by atoms with van der Waals surface area (Å²) >= 11 is 0. The van der Waals surface area contributed by atoms with E-state index < -0.39 is 11.7 Å². The van der Waals surface area contributed by atoms with E-state index >= 15 is 0 Å². The van der Waals surface area contributed by atoms with Crippen molar-refractivity contribution in [3.63, 3.8) is 0 Å². The quantitative estimate of drug-likeness (QED) is 0.662. The number of ether oxygens (including phenoxy) is 2. The molecule has 18 heavy (non-hydrogen) atoms. The van der Waals surface area contributed by atoms with Crippen molar-refractivity contribution in [1.29, 1.82) is 0 Å². The van der Waals surface area contributed by atoms with Crippen molar-refractivity contribution >= 4 is 12.3 Å². The van der Waals surface area contributed by atoms with Crippen LogP contribution in [-0.4, -0.2) is 25.0 Å². The Kier molecular flexibility index (Phi) is 4.71. The Morgan fingerprint density at radius 3 is 2.61 bits per heavy atom. The molecule has 0 unspecified atom stereocenters. The average molecular weight is 250 g/mol. The molecule has 0 aliphatic rings. The normalized spacial score (nSPS) is 11.3. The minimum Gasteiger partial charge on any atom is -0.496 e. The Labute approximate surface area is 107 Å². The van der Waals surface area contributed by atoms with Crippen LogP contribution in [-0.2, 0) is 4.74 Å². The Morgan fingerprint density at radius 2 is 2.00 bits per heavy atom. The van der Waals surface area contributed by atoms with Crippen LogP contribution in [0.3, 0.4) is 0 Å². The van der Waals surface area contributed by atoms with Crippen LogP contribution in [0, 0.1) is 0 Å². The number of amides is 1. The molecular formula is C13H18N2O3. The van der Waals surface area contributed by atoms with E-state index in [-0.39, 0.29) is 0 Å². The van der Waals surface area contributed by atoms with Crippen LogP contribution in [0.2, 0.25) is 0 Å².